The second-order valence-electron chi connectivity index (χ2n) is 10.4. The summed E-state index contributed by atoms with van der Waals surface area (Å²) in [5.74, 6) is 3.59. The maximum absolute atomic E-state index is 5.62. The number of aromatic nitrogens is 2. The van der Waals surface area contributed by atoms with Crippen molar-refractivity contribution in [3.8, 4) is 34.5 Å². The predicted octanol–water partition coefficient (Wildman–Crippen LogP) is 5.37. The second-order valence-corrected chi connectivity index (χ2v) is 12.5. The molecule has 2 aromatic carbocycles. The van der Waals surface area contributed by atoms with Crippen molar-refractivity contribution in [3.05, 3.63) is 67.6 Å². The van der Waals surface area contributed by atoms with Gasteiger partial charge in [0.25, 0.3) is 0 Å². The van der Waals surface area contributed by atoms with Crippen LogP contribution in [0.2, 0.25) is 0 Å². The maximum Gasteiger partial charge on any atom is 0.203 e. The Morgan fingerprint density at radius 2 is 1.02 bits per heavy atom. The summed E-state index contributed by atoms with van der Waals surface area (Å²) >= 11 is 3.31. The van der Waals surface area contributed by atoms with Crippen LogP contribution in [0.4, 0.5) is 0 Å². The molecule has 0 spiro atoms. The largest absolute Gasteiger partial charge is 0.493 e. The number of hydrogen-bond acceptors (Lipinski definition) is 12. The van der Waals surface area contributed by atoms with E-state index in [-0.39, 0.29) is 0 Å². The lowest BCUT2D eigenvalue weighted by molar-refractivity contribution is 0.292. The Balaban J connectivity index is 1.67. The SMILES string of the molecule is COc1cc(CNCC(Cc2csc(C)n2)(Cc2csc(C)n2)NCc2cc(OC)c(OC)c(OC)c2)cc(OC)c1OC. The number of ether oxygens (including phenoxy) is 6. The van der Waals surface area contributed by atoms with Gasteiger partial charge in [-0.05, 0) is 49.2 Å². The highest BCUT2D eigenvalue weighted by atomic mass is 32.1. The van der Waals surface area contributed by atoms with Gasteiger partial charge in [0.05, 0.1) is 64.1 Å². The van der Waals surface area contributed by atoms with E-state index in [9.17, 15) is 0 Å². The average molecular weight is 643 g/mol. The molecule has 2 heterocycles. The Hall–Kier alpha value is -3.58. The van der Waals surface area contributed by atoms with Gasteiger partial charge in [0.15, 0.2) is 23.0 Å². The summed E-state index contributed by atoms with van der Waals surface area (Å²) in [6.45, 7) is 5.82. The fraction of sp³-hybridized carbons (Fsp3) is 0.438. The van der Waals surface area contributed by atoms with Gasteiger partial charge in [-0.2, -0.15) is 0 Å². The summed E-state index contributed by atoms with van der Waals surface area (Å²) in [6, 6.07) is 7.88. The smallest absolute Gasteiger partial charge is 0.203 e. The molecule has 0 saturated heterocycles. The van der Waals surface area contributed by atoms with E-state index in [0.29, 0.717) is 67.0 Å². The Morgan fingerprint density at radius 1 is 0.614 bits per heavy atom. The van der Waals surface area contributed by atoms with Gasteiger partial charge in [-0.25, -0.2) is 9.97 Å². The molecule has 0 amide bonds. The lowest BCUT2D eigenvalue weighted by atomic mass is 9.87. The third-order valence-corrected chi connectivity index (χ3v) is 8.93. The van der Waals surface area contributed by atoms with E-state index in [1.165, 1.54) is 0 Å². The van der Waals surface area contributed by atoms with Crippen molar-refractivity contribution in [3.63, 3.8) is 0 Å². The highest BCUT2D eigenvalue weighted by Crippen LogP contribution is 2.39. The van der Waals surface area contributed by atoms with E-state index in [4.69, 9.17) is 38.4 Å². The molecule has 0 aliphatic rings. The van der Waals surface area contributed by atoms with Crippen molar-refractivity contribution < 1.29 is 28.4 Å². The first kappa shape index (κ1) is 33.3. The van der Waals surface area contributed by atoms with E-state index < -0.39 is 5.54 Å². The molecule has 44 heavy (non-hydrogen) atoms. The zero-order valence-corrected chi connectivity index (χ0v) is 28.3. The minimum atomic E-state index is -0.442. The number of benzene rings is 2. The van der Waals surface area contributed by atoms with Crippen LogP contribution in [0.1, 0.15) is 32.5 Å². The van der Waals surface area contributed by atoms with Gasteiger partial charge in [0, 0.05) is 48.8 Å². The lowest BCUT2D eigenvalue weighted by Gasteiger charge is -2.35. The third kappa shape index (κ3) is 8.12. The minimum absolute atomic E-state index is 0.442. The number of nitrogens with zero attached hydrogens (tertiary/aromatic N) is 2. The number of thiazole rings is 2. The first-order chi connectivity index (χ1) is 21.3. The summed E-state index contributed by atoms with van der Waals surface area (Å²) in [5.41, 5.74) is 3.63. The zero-order valence-electron chi connectivity index (χ0n) is 26.7. The quantitative estimate of drug-likeness (QED) is 0.156. The van der Waals surface area contributed by atoms with Crippen LogP contribution in [0.5, 0.6) is 34.5 Å². The van der Waals surface area contributed by atoms with Crippen LogP contribution in [-0.4, -0.2) is 64.7 Å². The van der Waals surface area contributed by atoms with Crippen LogP contribution in [0.15, 0.2) is 35.0 Å². The van der Waals surface area contributed by atoms with Crippen LogP contribution >= 0.6 is 22.7 Å². The van der Waals surface area contributed by atoms with Gasteiger partial charge < -0.3 is 39.1 Å². The van der Waals surface area contributed by atoms with Gasteiger partial charge in [-0.1, -0.05) is 0 Å². The lowest BCUT2D eigenvalue weighted by Crippen LogP contribution is -2.55. The molecular weight excluding hydrogens is 601 g/mol. The summed E-state index contributed by atoms with van der Waals surface area (Å²) in [6.07, 6.45) is 1.39. The number of hydrogen-bond donors (Lipinski definition) is 2. The molecule has 4 rings (SSSR count). The van der Waals surface area contributed by atoms with Crippen LogP contribution in [0.3, 0.4) is 0 Å². The first-order valence-corrected chi connectivity index (χ1v) is 15.9. The van der Waals surface area contributed by atoms with E-state index in [1.807, 2.05) is 38.1 Å². The molecule has 238 valence electrons. The Bertz CT molecular complexity index is 1430. The third-order valence-electron chi connectivity index (χ3n) is 7.28. The van der Waals surface area contributed by atoms with Gasteiger partial charge >= 0.3 is 0 Å². The normalized spacial score (nSPS) is 11.4. The maximum atomic E-state index is 5.62. The molecule has 0 fully saturated rings. The molecule has 0 aliphatic carbocycles. The molecular formula is C32H42N4O6S2. The molecule has 2 aromatic heterocycles. The number of rotatable bonds is 17. The van der Waals surface area contributed by atoms with E-state index in [2.05, 4.69) is 21.4 Å². The molecule has 0 bridgehead atoms. The molecule has 4 aromatic rings. The van der Waals surface area contributed by atoms with Crippen LogP contribution in [0, 0.1) is 13.8 Å². The van der Waals surface area contributed by atoms with Gasteiger partial charge in [-0.15, -0.1) is 22.7 Å². The topological polar surface area (TPSA) is 105 Å². The summed E-state index contributed by atoms with van der Waals surface area (Å²) in [7, 11) is 9.71. The highest BCUT2D eigenvalue weighted by molar-refractivity contribution is 7.09. The highest BCUT2D eigenvalue weighted by Gasteiger charge is 2.32. The molecule has 2 N–H and O–H groups in total. The summed E-state index contributed by atoms with van der Waals surface area (Å²) in [4.78, 5) is 9.67. The van der Waals surface area contributed by atoms with Crippen LogP contribution < -0.4 is 39.1 Å². The second kappa shape index (κ2) is 15.4. The molecule has 0 aliphatic heterocycles. The molecule has 0 radical (unpaired) electrons. The molecule has 12 heteroatoms. The van der Waals surface area contributed by atoms with Gasteiger partial charge in [0.2, 0.25) is 11.5 Å². The van der Waals surface area contributed by atoms with E-state index >= 15 is 0 Å². The fourth-order valence-electron chi connectivity index (χ4n) is 5.26. The van der Waals surface area contributed by atoms with Crippen molar-refractivity contribution in [1.29, 1.82) is 0 Å². The Morgan fingerprint density at radius 3 is 1.36 bits per heavy atom. The fourth-order valence-corrected chi connectivity index (χ4v) is 6.48. The predicted molar refractivity (Wildman–Crippen MR) is 175 cm³/mol. The Labute approximate surface area is 267 Å². The Kier molecular flexibility index (Phi) is 11.7. The average Bonchev–Trinajstić information content (AvgIpc) is 3.64. The standard InChI is InChI=1S/C32H42N4O6S2/c1-20-35-24(17-43-20)13-32(14-25-18-44-21(2)36-25,34-16-23-11-28(39-5)31(42-8)29(12-23)40-6)19-33-15-22-9-26(37-3)30(41-7)27(10-22)38-4/h9-12,17-18,33-34H,13-16,19H2,1-8H3. The van der Waals surface area contributed by atoms with Gasteiger partial charge in [-0.3, -0.25) is 0 Å². The van der Waals surface area contributed by atoms with Crippen LogP contribution in [-0.2, 0) is 25.9 Å². The number of nitrogens with one attached hydrogen (secondary N) is 2. The number of methoxy groups -OCH3 is 6. The first-order valence-electron chi connectivity index (χ1n) is 14.1. The van der Waals surface area contributed by atoms with Crippen molar-refractivity contribution in [1.82, 2.24) is 20.6 Å². The van der Waals surface area contributed by atoms with Gasteiger partial charge in [0.1, 0.15) is 0 Å². The van der Waals surface area contributed by atoms with E-state index in [1.54, 1.807) is 65.3 Å². The molecule has 0 atom stereocenters. The van der Waals surface area contributed by atoms with E-state index in [0.717, 1.165) is 32.5 Å². The monoisotopic (exact) mass is 642 g/mol. The molecule has 0 saturated carbocycles. The summed E-state index contributed by atoms with van der Waals surface area (Å²) < 4.78 is 33.5. The van der Waals surface area contributed by atoms with Crippen molar-refractivity contribution in [2.45, 2.75) is 45.3 Å². The van der Waals surface area contributed by atoms with Crippen molar-refractivity contribution >= 4 is 22.7 Å². The minimum Gasteiger partial charge on any atom is -0.493 e. The molecule has 10 nitrogen and oxygen atoms in total. The zero-order chi connectivity index (χ0) is 31.7. The summed E-state index contributed by atoms with van der Waals surface area (Å²) in [5, 5.41) is 13.9. The molecule has 0 unspecified atom stereocenters. The van der Waals surface area contributed by atoms with Crippen molar-refractivity contribution in [2.24, 2.45) is 0 Å². The number of aryl methyl sites for hydroxylation is 2. The van der Waals surface area contributed by atoms with Crippen molar-refractivity contribution in [2.75, 3.05) is 49.2 Å². The van der Waals surface area contributed by atoms with Crippen LogP contribution in [0.25, 0.3) is 0 Å².